The number of ether oxygens (including phenoxy) is 2. The molecule has 1 fully saturated rings. The van der Waals surface area contributed by atoms with E-state index in [2.05, 4.69) is 5.32 Å². The van der Waals surface area contributed by atoms with E-state index in [0.717, 1.165) is 12.8 Å². The van der Waals surface area contributed by atoms with Crippen LogP contribution in [0.2, 0.25) is 0 Å². The molecular formula is C11H12N2O4. The van der Waals surface area contributed by atoms with Gasteiger partial charge in [0.25, 0.3) is 5.69 Å². The minimum atomic E-state index is -0.400. The van der Waals surface area contributed by atoms with E-state index in [4.69, 9.17) is 9.47 Å². The highest BCUT2D eigenvalue weighted by atomic mass is 16.7. The first kappa shape index (κ1) is 10.2. The van der Waals surface area contributed by atoms with Gasteiger partial charge in [-0.3, -0.25) is 10.1 Å². The third-order valence-electron chi connectivity index (χ3n) is 3.15. The highest BCUT2D eigenvalue weighted by Crippen LogP contribution is 2.41. The summed E-state index contributed by atoms with van der Waals surface area (Å²) in [5.41, 5.74) is 0.560. The lowest BCUT2D eigenvalue weighted by atomic mass is 9.93. The Kier molecular flexibility index (Phi) is 2.28. The lowest BCUT2D eigenvalue weighted by Gasteiger charge is -2.27. The van der Waals surface area contributed by atoms with Crippen molar-refractivity contribution in [1.82, 2.24) is 0 Å². The molecule has 0 bridgehead atoms. The van der Waals surface area contributed by atoms with E-state index in [1.54, 1.807) is 6.07 Å². The maximum Gasteiger partial charge on any atom is 0.296 e. The summed E-state index contributed by atoms with van der Waals surface area (Å²) in [7, 11) is 0. The molecule has 0 radical (unpaired) electrons. The topological polar surface area (TPSA) is 73.6 Å². The van der Waals surface area contributed by atoms with Crippen molar-refractivity contribution in [2.24, 2.45) is 0 Å². The number of fused-ring (bicyclic) bond motifs is 1. The van der Waals surface area contributed by atoms with Crippen LogP contribution in [0, 0.1) is 10.1 Å². The summed E-state index contributed by atoms with van der Waals surface area (Å²) in [4.78, 5) is 10.6. The van der Waals surface area contributed by atoms with Crippen LogP contribution >= 0.6 is 0 Å². The standard InChI is InChI=1S/C11H12N2O4/c14-13(15)9-5-11-10(16-6-17-11)4-8(9)12-7-2-1-3-7/h4-5,7,12H,1-3,6H2. The molecule has 6 heteroatoms. The van der Waals surface area contributed by atoms with Gasteiger partial charge in [-0.2, -0.15) is 0 Å². The van der Waals surface area contributed by atoms with Crippen molar-refractivity contribution in [2.45, 2.75) is 25.3 Å². The zero-order valence-corrected chi connectivity index (χ0v) is 9.14. The highest BCUT2D eigenvalue weighted by molar-refractivity contribution is 5.69. The molecule has 3 rings (SSSR count). The molecule has 1 aliphatic carbocycles. The van der Waals surface area contributed by atoms with E-state index >= 15 is 0 Å². The van der Waals surface area contributed by atoms with Gasteiger partial charge in [0.15, 0.2) is 11.5 Å². The van der Waals surface area contributed by atoms with E-state index in [-0.39, 0.29) is 12.5 Å². The molecule has 1 aromatic carbocycles. The summed E-state index contributed by atoms with van der Waals surface area (Å²) in [6.45, 7) is 0.124. The number of hydrogen-bond donors (Lipinski definition) is 1. The highest BCUT2D eigenvalue weighted by Gasteiger charge is 2.26. The summed E-state index contributed by atoms with van der Waals surface area (Å²) < 4.78 is 10.4. The number of anilines is 1. The second-order valence-electron chi connectivity index (χ2n) is 4.25. The van der Waals surface area contributed by atoms with Crippen LogP contribution in [0.3, 0.4) is 0 Å². The summed E-state index contributed by atoms with van der Waals surface area (Å²) in [5, 5.41) is 14.2. The molecule has 0 unspecified atom stereocenters. The van der Waals surface area contributed by atoms with Crippen molar-refractivity contribution in [1.29, 1.82) is 0 Å². The van der Waals surface area contributed by atoms with Gasteiger partial charge in [-0.25, -0.2) is 0 Å². The molecule has 17 heavy (non-hydrogen) atoms. The molecule has 1 saturated carbocycles. The minimum absolute atomic E-state index is 0.0427. The molecular weight excluding hydrogens is 224 g/mol. The first-order valence-electron chi connectivity index (χ1n) is 5.58. The van der Waals surface area contributed by atoms with Crippen molar-refractivity contribution >= 4 is 11.4 Å². The normalized spacial score (nSPS) is 17.6. The Hall–Kier alpha value is -1.98. The smallest absolute Gasteiger partial charge is 0.296 e. The third-order valence-corrected chi connectivity index (χ3v) is 3.15. The summed E-state index contributed by atoms with van der Waals surface area (Å²) in [5.74, 6) is 1.01. The summed E-state index contributed by atoms with van der Waals surface area (Å²) >= 11 is 0. The van der Waals surface area contributed by atoms with Crippen LogP contribution in [-0.2, 0) is 0 Å². The molecule has 0 saturated heterocycles. The Morgan fingerprint density at radius 3 is 2.59 bits per heavy atom. The van der Waals surface area contributed by atoms with E-state index in [0.29, 0.717) is 23.2 Å². The maximum atomic E-state index is 11.0. The molecule has 0 spiro atoms. The lowest BCUT2D eigenvalue weighted by molar-refractivity contribution is -0.384. The summed E-state index contributed by atoms with van der Waals surface area (Å²) in [6, 6.07) is 3.41. The second kappa shape index (κ2) is 3.80. The predicted molar refractivity (Wildman–Crippen MR) is 60.5 cm³/mol. The van der Waals surface area contributed by atoms with Gasteiger partial charge in [-0.15, -0.1) is 0 Å². The quantitative estimate of drug-likeness (QED) is 0.643. The number of rotatable bonds is 3. The molecule has 1 heterocycles. The van der Waals surface area contributed by atoms with Crippen LogP contribution in [0.5, 0.6) is 11.5 Å². The average Bonchev–Trinajstić information content (AvgIpc) is 2.68. The zero-order chi connectivity index (χ0) is 11.8. The van der Waals surface area contributed by atoms with Gasteiger partial charge in [0, 0.05) is 12.1 Å². The van der Waals surface area contributed by atoms with Gasteiger partial charge in [0.1, 0.15) is 5.69 Å². The average molecular weight is 236 g/mol. The molecule has 6 nitrogen and oxygen atoms in total. The Morgan fingerprint density at radius 1 is 1.29 bits per heavy atom. The Labute approximate surface area is 97.7 Å². The number of nitrogens with one attached hydrogen (secondary N) is 1. The molecule has 2 aliphatic rings. The zero-order valence-electron chi connectivity index (χ0n) is 9.14. The Morgan fingerprint density at radius 2 is 2.00 bits per heavy atom. The van der Waals surface area contributed by atoms with Gasteiger partial charge in [0.05, 0.1) is 11.0 Å². The number of nitro benzene ring substituents is 1. The van der Waals surface area contributed by atoms with Gasteiger partial charge < -0.3 is 14.8 Å². The van der Waals surface area contributed by atoms with Gasteiger partial charge in [-0.1, -0.05) is 0 Å². The molecule has 1 aromatic rings. The van der Waals surface area contributed by atoms with E-state index < -0.39 is 4.92 Å². The fourth-order valence-corrected chi connectivity index (χ4v) is 1.97. The largest absolute Gasteiger partial charge is 0.454 e. The maximum absolute atomic E-state index is 11.0. The molecule has 90 valence electrons. The number of benzene rings is 1. The number of hydrogen-bond acceptors (Lipinski definition) is 5. The molecule has 0 aromatic heterocycles. The van der Waals surface area contributed by atoms with Crippen molar-refractivity contribution < 1.29 is 14.4 Å². The van der Waals surface area contributed by atoms with E-state index in [9.17, 15) is 10.1 Å². The van der Waals surface area contributed by atoms with Crippen LogP contribution in [0.1, 0.15) is 19.3 Å². The lowest BCUT2D eigenvalue weighted by Crippen LogP contribution is -2.27. The van der Waals surface area contributed by atoms with Crippen molar-refractivity contribution in [2.75, 3.05) is 12.1 Å². The Bertz CT molecular complexity index is 471. The van der Waals surface area contributed by atoms with E-state index in [1.807, 2.05) is 0 Å². The molecule has 0 amide bonds. The first-order valence-corrected chi connectivity index (χ1v) is 5.58. The molecule has 1 N–H and O–H groups in total. The number of nitrogens with zero attached hydrogens (tertiary/aromatic N) is 1. The van der Waals surface area contributed by atoms with Crippen LogP contribution in [0.4, 0.5) is 11.4 Å². The van der Waals surface area contributed by atoms with E-state index in [1.165, 1.54) is 12.5 Å². The van der Waals surface area contributed by atoms with Crippen LogP contribution in [0.25, 0.3) is 0 Å². The van der Waals surface area contributed by atoms with Gasteiger partial charge >= 0.3 is 0 Å². The van der Waals surface area contributed by atoms with Crippen molar-refractivity contribution in [3.8, 4) is 11.5 Å². The third kappa shape index (κ3) is 1.75. The predicted octanol–water partition coefficient (Wildman–Crippen LogP) is 2.29. The SMILES string of the molecule is O=[N+]([O-])c1cc2c(cc1NC1CCC1)OCO2. The second-order valence-corrected chi connectivity index (χ2v) is 4.25. The summed E-state index contributed by atoms with van der Waals surface area (Å²) in [6.07, 6.45) is 3.30. The number of nitro groups is 1. The first-order chi connectivity index (χ1) is 8.24. The fraction of sp³-hybridized carbons (Fsp3) is 0.455. The van der Waals surface area contributed by atoms with Crippen LogP contribution in [0.15, 0.2) is 12.1 Å². The molecule has 0 atom stereocenters. The Balaban J connectivity index is 1.95. The van der Waals surface area contributed by atoms with Gasteiger partial charge in [0.2, 0.25) is 6.79 Å². The molecule has 1 aliphatic heterocycles. The fourth-order valence-electron chi connectivity index (χ4n) is 1.97. The van der Waals surface area contributed by atoms with Gasteiger partial charge in [-0.05, 0) is 19.3 Å². The van der Waals surface area contributed by atoms with Crippen LogP contribution in [-0.4, -0.2) is 17.8 Å². The van der Waals surface area contributed by atoms with Crippen molar-refractivity contribution in [3.05, 3.63) is 22.2 Å². The minimum Gasteiger partial charge on any atom is -0.454 e. The monoisotopic (exact) mass is 236 g/mol. The van der Waals surface area contributed by atoms with Crippen molar-refractivity contribution in [3.63, 3.8) is 0 Å². The van der Waals surface area contributed by atoms with Crippen LogP contribution < -0.4 is 14.8 Å².